The molecule has 0 aliphatic rings. The van der Waals surface area contributed by atoms with Crippen LogP contribution in [0.4, 0.5) is 11.4 Å². The van der Waals surface area contributed by atoms with Gasteiger partial charge in [0.15, 0.2) is 0 Å². The number of nitrogen functional groups attached to an aromatic ring is 1. The lowest BCUT2D eigenvalue weighted by Crippen LogP contribution is -2.14. The van der Waals surface area contributed by atoms with Gasteiger partial charge in [0.2, 0.25) is 0 Å². The summed E-state index contributed by atoms with van der Waals surface area (Å²) >= 11 is 3.41. The molecule has 0 fully saturated rings. The SMILES string of the molecule is CCC(C)Nc1cc(Br)ccc1N. The van der Waals surface area contributed by atoms with E-state index in [2.05, 4.69) is 35.1 Å². The summed E-state index contributed by atoms with van der Waals surface area (Å²) in [5.74, 6) is 0. The maximum Gasteiger partial charge on any atom is 0.0587 e. The van der Waals surface area contributed by atoms with Crippen molar-refractivity contribution in [1.29, 1.82) is 0 Å². The van der Waals surface area contributed by atoms with Crippen LogP contribution in [-0.2, 0) is 0 Å². The normalized spacial score (nSPS) is 12.5. The fourth-order valence-corrected chi connectivity index (χ4v) is 1.38. The summed E-state index contributed by atoms with van der Waals surface area (Å²) in [4.78, 5) is 0. The van der Waals surface area contributed by atoms with Gasteiger partial charge in [-0.1, -0.05) is 22.9 Å². The van der Waals surface area contributed by atoms with Gasteiger partial charge in [-0.05, 0) is 31.5 Å². The highest BCUT2D eigenvalue weighted by Crippen LogP contribution is 2.24. The molecular weight excluding hydrogens is 228 g/mol. The van der Waals surface area contributed by atoms with E-state index in [-0.39, 0.29) is 0 Å². The zero-order chi connectivity index (χ0) is 9.84. The van der Waals surface area contributed by atoms with Crippen LogP contribution in [0.3, 0.4) is 0 Å². The van der Waals surface area contributed by atoms with Gasteiger partial charge in [0.05, 0.1) is 11.4 Å². The number of anilines is 2. The van der Waals surface area contributed by atoms with Gasteiger partial charge in [-0.3, -0.25) is 0 Å². The van der Waals surface area contributed by atoms with Crippen LogP contribution in [-0.4, -0.2) is 6.04 Å². The third kappa shape index (κ3) is 2.92. The zero-order valence-electron chi connectivity index (χ0n) is 7.97. The van der Waals surface area contributed by atoms with Crippen LogP contribution in [0.15, 0.2) is 22.7 Å². The topological polar surface area (TPSA) is 38.0 Å². The minimum atomic E-state index is 0.455. The van der Waals surface area contributed by atoms with Gasteiger partial charge < -0.3 is 11.1 Å². The van der Waals surface area contributed by atoms with Gasteiger partial charge in [-0.2, -0.15) is 0 Å². The summed E-state index contributed by atoms with van der Waals surface area (Å²) in [6, 6.07) is 6.30. The van der Waals surface area contributed by atoms with Crippen molar-refractivity contribution >= 4 is 27.3 Å². The minimum Gasteiger partial charge on any atom is -0.397 e. The second kappa shape index (κ2) is 4.51. The molecule has 2 nitrogen and oxygen atoms in total. The average molecular weight is 243 g/mol. The lowest BCUT2D eigenvalue weighted by atomic mass is 10.2. The molecule has 0 aliphatic heterocycles. The van der Waals surface area contributed by atoms with Gasteiger partial charge in [0.25, 0.3) is 0 Å². The molecule has 0 bridgehead atoms. The van der Waals surface area contributed by atoms with Crippen molar-refractivity contribution in [3.05, 3.63) is 22.7 Å². The molecule has 1 rings (SSSR count). The molecular formula is C10H15BrN2. The van der Waals surface area contributed by atoms with Crippen molar-refractivity contribution in [3.8, 4) is 0 Å². The highest BCUT2D eigenvalue weighted by Gasteiger charge is 2.02. The van der Waals surface area contributed by atoms with E-state index in [1.54, 1.807) is 0 Å². The van der Waals surface area contributed by atoms with Crippen molar-refractivity contribution in [2.24, 2.45) is 0 Å². The van der Waals surface area contributed by atoms with E-state index >= 15 is 0 Å². The third-order valence-electron chi connectivity index (χ3n) is 2.03. The van der Waals surface area contributed by atoms with E-state index in [4.69, 9.17) is 5.73 Å². The van der Waals surface area contributed by atoms with Gasteiger partial charge in [-0.15, -0.1) is 0 Å². The number of nitrogens with one attached hydrogen (secondary N) is 1. The number of nitrogens with two attached hydrogens (primary N) is 1. The first-order chi connectivity index (χ1) is 6.13. The molecule has 0 heterocycles. The van der Waals surface area contributed by atoms with E-state index in [9.17, 15) is 0 Å². The Labute approximate surface area is 87.6 Å². The van der Waals surface area contributed by atoms with Crippen molar-refractivity contribution in [3.63, 3.8) is 0 Å². The van der Waals surface area contributed by atoms with E-state index in [1.807, 2.05) is 18.2 Å². The third-order valence-corrected chi connectivity index (χ3v) is 2.52. The second-order valence-corrected chi connectivity index (χ2v) is 4.10. The number of halogens is 1. The van der Waals surface area contributed by atoms with Crippen molar-refractivity contribution in [1.82, 2.24) is 0 Å². The molecule has 13 heavy (non-hydrogen) atoms. The molecule has 1 aromatic carbocycles. The summed E-state index contributed by atoms with van der Waals surface area (Å²) in [6.07, 6.45) is 1.09. The summed E-state index contributed by atoms with van der Waals surface area (Å²) in [5, 5.41) is 3.35. The number of rotatable bonds is 3. The largest absolute Gasteiger partial charge is 0.397 e. The van der Waals surface area contributed by atoms with Crippen LogP contribution >= 0.6 is 15.9 Å². The molecule has 3 N–H and O–H groups in total. The maximum absolute atomic E-state index is 5.81. The van der Waals surface area contributed by atoms with Crippen LogP contribution in [0.25, 0.3) is 0 Å². The van der Waals surface area contributed by atoms with Crippen LogP contribution in [0, 0.1) is 0 Å². The Bertz CT molecular complexity index is 286. The van der Waals surface area contributed by atoms with Crippen LogP contribution in [0.2, 0.25) is 0 Å². The summed E-state index contributed by atoms with van der Waals surface area (Å²) in [5.41, 5.74) is 7.61. The predicted molar refractivity (Wildman–Crippen MR) is 61.9 cm³/mol. The maximum atomic E-state index is 5.81. The van der Waals surface area contributed by atoms with Crippen molar-refractivity contribution < 1.29 is 0 Å². The van der Waals surface area contributed by atoms with Gasteiger partial charge in [0, 0.05) is 10.5 Å². The minimum absolute atomic E-state index is 0.455. The summed E-state index contributed by atoms with van der Waals surface area (Å²) in [7, 11) is 0. The summed E-state index contributed by atoms with van der Waals surface area (Å²) in [6.45, 7) is 4.28. The number of hydrogen-bond acceptors (Lipinski definition) is 2. The van der Waals surface area contributed by atoms with Gasteiger partial charge in [0.1, 0.15) is 0 Å². The first-order valence-electron chi connectivity index (χ1n) is 4.45. The molecule has 1 atom stereocenters. The molecule has 0 saturated heterocycles. The van der Waals surface area contributed by atoms with Crippen LogP contribution in [0.1, 0.15) is 20.3 Å². The molecule has 0 saturated carbocycles. The summed E-state index contributed by atoms with van der Waals surface area (Å²) < 4.78 is 1.05. The fraction of sp³-hybridized carbons (Fsp3) is 0.400. The quantitative estimate of drug-likeness (QED) is 0.800. The molecule has 0 spiro atoms. The highest BCUT2D eigenvalue weighted by molar-refractivity contribution is 9.10. The molecule has 1 unspecified atom stereocenters. The Kier molecular flexibility index (Phi) is 3.60. The Morgan fingerprint density at radius 1 is 1.54 bits per heavy atom. The number of benzene rings is 1. The van der Waals surface area contributed by atoms with E-state index in [0.29, 0.717) is 6.04 Å². The smallest absolute Gasteiger partial charge is 0.0587 e. The molecule has 0 amide bonds. The monoisotopic (exact) mass is 242 g/mol. The molecule has 0 aromatic heterocycles. The van der Waals surface area contributed by atoms with Crippen molar-refractivity contribution in [2.45, 2.75) is 26.3 Å². The zero-order valence-corrected chi connectivity index (χ0v) is 9.56. The Hall–Kier alpha value is -0.700. The Morgan fingerprint density at radius 2 is 2.23 bits per heavy atom. The Morgan fingerprint density at radius 3 is 2.85 bits per heavy atom. The molecule has 0 radical (unpaired) electrons. The average Bonchev–Trinajstić information content (AvgIpc) is 2.11. The second-order valence-electron chi connectivity index (χ2n) is 3.19. The van der Waals surface area contributed by atoms with Crippen LogP contribution in [0.5, 0.6) is 0 Å². The molecule has 1 aromatic rings. The van der Waals surface area contributed by atoms with Gasteiger partial charge in [-0.25, -0.2) is 0 Å². The highest BCUT2D eigenvalue weighted by atomic mass is 79.9. The molecule has 3 heteroatoms. The molecule has 0 aliphatic carbocycles. The predicted octanol–water partition coefficient (Wildman–Crippen LogP) is 3.24. The lowest BCUT2D eigenvalue weighted by Gasteiger charge is -2.14. The standard InChI is InChI=1S/C10H15BrN2/c1-3-7(2)13-10-6-8(11)4-5-9(10)12/h4-7,13H,3,12H2,1-2H3. The first kappa shape index (κ1) is 10.4. The van der Waals surface area contributed by atoms with E-state index in [1.165, 1.54) is 0 Å². The van der Waals surface area contributed by atoms with Gasteiger partial charge >= 0.3 is 0 Å². The Balaban J connectivity index is 2.81. The van der Waals surface area contributed by atoms with Crippen molar-refractivity contribution in [2.75, 3.05) is 11.1 Å². The van der Waals surface area contributed by atoms with E-state index < -0.39 is 0 Å². The molecule has 72 valence electrons. The number of hydrogen-bond donors (Lipinski definition) is 2. The fourth-order valence-electron chi connectivity index (χ4n) is 1.02. The van der Waals surface area contributed by atoms with Crippen LogP contribution < -0.4 is 11.1 Å². The first-order valence-corrected chi connectivity index (χ1v) is 5.24. The lowest BCUT2D eigenvalue weighted by molar-refractivity contribution is 0.764. The van der Waals surface area contributed by atoms with E-state index in [0.717, 1.165) is 22.3 Å².